The Morgan fingerprint density at radius 2 is 1.93 bits per heavy atom. The molecule has 0 aromatic rings. The van der Waals surface area contributed by atoms with E-state index in [0.717, 1.165) is 5.92 Å². The molecule has 14 heavy (non-hydrogen) atoms. The molecule has 86 valence electrons. The molecule has 1 aliphatic rings. The average molecular weight is 220 g/mol. The Hall–Kier alpha value is 0.250. The van der Waals surface area contributed by atoms with Crippen molar-refractivity contribution < 1.29 is 17.3 Å². The highest BCUT2D eigenvalue weighted by molar-refractivity contribution is 4.61. The Morgan fingerprint density at radius 3 is 2.57 bits per heavy atom. The van der Waals surface area contributed by atoms with Crippen LogP contribution < -0.4 is 17.3 Å². The van der Waals surface area contributed by atoms with Crippen molar-refractivity contribution in [3.8, 4) is 0 Å². The van der Waals surface area contributed by atoms with E-state index in [-0.39, 0.29) is 12.4 Å². The summed E-state index contributed by atoms with van der Waals surface area (Å²) in [5.41, 5.74) is 0. The van der Waals surface area contributed by atoms with Crippen molar-refractivity contribution in [1.29, 1.82) is 0 Å². The molecule has 1 rings (SSSR count). The predicted molar refractivity (Wildman–Crippen MR) is 58.1 cm³/mol. The first kappa shape index (κ1) is 14.2. The van der Waals surface area contributed by atoms with E-state index in [4.69, 9.17) is 0 Å². The van der Waals surface area contributed by atoms with Gasteiger partial charge in [-0.05, 0) is 19.3 Å². The fourth-order valence-electron chi connectivity index (χ4n) is 2.53. The second-order valence-corrected chi connectivity index (χ2v) is 4.60. The monoisotopic (exact) mass is 219 g/mol. The minimum atomic E-state index is 0. The van der Waals surface area contributed by atoms with Crippen LogP contribution >= 0.6 is 0 Å². The van der Waals surface area contributed by atoms with Gasteiger partial charge in [-0.15, -0.1) is 0 Å². The molecule has 1 nitrogen and oxygen atoms in total. The lowest BCUT2D eigenvalue weighted by atomic mass is 10.0. The summed E-state index contributed by atoms with van der Waals surface area (Å²) < 4.78 is 0. The third-order valence-electron chi connectivity index (χ3n) is 3.31. The van der Waals surface area contributed by atoms with Crippen LogP contribution in [0.4, 0.5) is 0 Å². The van der Waals surface area contributed by atoms with Gasteiger partial charge in [-0.1, -0.05) is 26.7 Å². The van der Waals surface area contributed by atoms with Gasteiger partial charge in [0.2, 0.25) is 0 Å². The van der Waals surface area contributed by atoms with E-state index in [1.54, 1.807) is 0 Å². The maximum absolute atomic E-state index is 2.31. The summed E-state index contributed by atoms with van der Waals surface area (Å²) in [5, 5.41) is 0. The third-order valence-corrected chi connectivity index (χ3v) is 3.31. The molecule has 1 saturated heterocycles. The van der Waals surface area contributed by atoms with Crippen molar-refractivity contribution in [2.75, 3.05) is 19.6 Å². The lowest BCUT2D eigenvalue weighted by Crippen LogP contribution is -3.10. The number of unbranched alkanes of at least 4 members (excludes halogenated alkanes) is 2. The van der Waals surface area contributed by atoms with Crippen molar-refractivity contribution in [3.63, 3.8) is 0 Å². The number of hydrogen-bond donors (Lipinski definition) is 1. The minimum absolute atomic E-state index is 0. The van der Waals surface area contributed by atoms with Gasteiger partial charge in [-0.2, -0.15) is 0 Å². The quantitative estimate of drug-likeness (QED) is 0.541. The molecule has 1 fully saturated rings. The van der Waals surface area contributed by atoms with E-state index in [9.17, 15) is 0 Å². The van der Waals surface area contributed by atoms with E-state index in [0.29, 0.717) is 0 Å². The Morgan fingerprint density at radius 1 is 1.14 bits per heavy atom. The molecule has 1 N–H and O–H groups in total. The zero-order chi connectivity index (χ0) is 9.52. The number of hydrogen-bond acceptors (Lipinski definition) is 0. The van der Waals surface area contributed by atoms with Crippen molar-refractivity contribution in [1.82, 2.24) is 0 Å². The van der Waals surface area contributed by atoms with Crippen molar-refractivity contribution in [3.05, 3.63) is 0 Å². The molecule has 0 spiro atoms. The van der Waals surface area contributed by atoms with Crippen molar-refractivity contribution >= 4 is 0 Å². The number of quaternary nitrogens is 1. The van der Waals surface area contributed by atoms with Gasteiger partial charge in [-0.3, -0.25) is 0 Å². The highest BCUT2D eigenvalue weighted by Gasteiger charge is 2.24. The molecule has 0 bridgehead atoms. The largest absolute Gasteiger partial charge is 1.00 e. The van der Waals surface area contributed by atoms with Crippen LogP contribution in [-0.2, 0) is 0 Å². The van der Waals surface area contributed by atoms with Gasteiger partial charge in [0.25, 0.3) is 0 Å². The topological polar surface area (TPSA) is 4.44 Å². The maximum Gasteiger partial charge on any atom is 0.0801 e. The molecule has 0 amide bonds. The molecular formula is C12H26ClN. The summed E-state index contributed by atoms with van der Waals surface area (Å²) in [7, 11) is 0. The van der Waals surface area contributed by atoms with Crippen LogP contribution in [-0.4, -0.2) is 19.6 Å². The molecular weight excluding hydrogens is 194 g/mol. The highest BCUT2D eigenvalue weighted by Crippen LogP contribution is 2.11. The minimum Gasteiger partial charge on any atom is -1.00 e. The number of halogens is 1. The SMILES string of the molecule is CCCCC[NH+]1CCC(CCC)C1.[Cl-]. The molecule has 0 aromatic carbocycles. The molecule has 2 atom stereocenters. The molecule has 1 aliphatic heterocycles. The fourth-order valence-corrected chi connectivity index (χ4v) is 2.53. The Kier molecular flexibility index (Phi) is 8.70. The first-order valence-electron chi connectivity index (χ1n) is 6.20. The number of nitrogens with one attached hydrogen (secondary N) is 1. The zero-order valence-corrected chi connectivity index (χ0v) is 10.6. The molecule has 0 aromatic heterocycles. The first-order valence-corrected chi connectivity index (χ1v) is 6.20. The molecule has 2 unspecified atom stereocenters. The van der Waals surface area contributed by atoms with Gasteiger partial charge >= 0.3 is 0 Å². The molecule has 0 radical (unpaired) electrons. The molecule has 2 heteroatoms. The number of likely N-dealkylation sites (tertiary alicyclic amines) is 1. The van der Waals surface area contributed by atoms with E-state index in [1.165, 1.54) is 58.2 Å². The summed E-state index contributed by atoms with van der Waals surface area (Å²) in [6.45, 7) is 8.97. The van der Waals surface area contributed by atoms with Crippen LogP contribution in [0.15, 0.2) is 0 Å². The zero-order valence-electron chi connectivity index (χ0n) is 9.82. The van der Waals surface area contributed by atoms with Crippen molar-refractivity contribution in [2.45, 2.75) is 52.4 Å². The van der Waals surface area contributed by atoms with Crippen molar-refractivity contribution in [2.24, 2.45) is 5.92 Å². The van der Waals surface area contributed by atoms with Crippen LogP contribution in [0.5, 0.6) is 0 Å². The molecule has 0 saturated carbocycles. The van der Waals surface area contributed by atoms with Gasteiger partial charge in [0, 0.05) is 12.3 Å². The summed E-state index contributed by atoms with van der Waals surface area (Å²) >= 11 is 0. The average Bonchev–Trinajstić information content (AvgIpc) is 2.54. The second kappa shape index (κ2) is 8.55. The van der Waals surface area contributed by atoms with Gasteiger partial charge in [0.1, 0.15) is 0 Å². The number of rotatable bonds is 6. The van der Waals surface area contributed by atoms with E-state index < -0.39 is 0 Å². The molecule has 0 aliphatic carbocycles. The lowest BCUT2D eigenvalue weighted by molar-refractivity contribution is -0.889. The summed E-state index contributed by atoms with van der Waals surface area (Å²) in [6.07, 6.45) is 8.60. The summed E-state index contributed by atoms with van der Waals surface area (Å²) in [5.74, 6) is 1.06. The van der Waals surface area contributed by atoms with Crippen LogP contribution in [0, 0.1) is 5.92 Å². The van der Waals surface area contributed by atoms with Gasteiger partial charge < -0.3 is 17.3 Å². The maximum atomic E-state index is 2.31. The first-order chi connectivity index (χ1) is 6.36. The van der Waals surface area contributed by atoms with Gasteiger partial charge in [-0.25, -0.2) is 0 Å². The standard InChI is InChI=1S/C12H25N.ClH/c1-3-5-6-9-13-10-8-12(11-13)7-4-2;/h12H,3-11H2,1-2H3;1H. The molecule has 1 heterocycles. The van der Waals surface area contributed by atoms with Gasteiger partial charge in [0.15, 0.2) is 0 Å². The smallest absolute Gasteiger partial charge is 0.0801 e. The lowest BCUT2D eigenvalue weighted by Gasteiger charge is -2.12. The second-order valence-electron chi connectivity index (χ2n) is 4.60. The van der Waals surface area contributed by atoms with E-state index >= 15 is 0 Å². The Bertz CT molecular complexity index is 127. The van der Waals surface area contributed by atoms with E-state index in [1.807, 2.05) is 4.90 Å². The fraction of sp³-hybridized carbons (Fsp3) is 1.00. The van der Waals surface area contributed by atoms with Crippen LogP contribution in [0.3, 0.4) is 0 Å². The Balaban J connectivity index is 0.00000169. The normalized spacial score (nSPS) is 26.1. The predicted octanol–water partition coefficient (Wildman–Crippen LogP) is -1.11. The highest BCUT2D eigenvalue weighted by atomic mass is 35.5. The van der Waals surface area contributed by atoms with E-state index in [2.05, 4.69) is 13.8 Å². The van der Waals surface area contributed by atoms with Crippen LogP contribution in [0.1, 0.15) is 52.4 Å². The van der Waals surface area contributed by atoms with Crippen LogP contribution in [0.2, 0.25) is 0 Å². The van der Waals surface area contributed by atoms with Gasteiger partial charge in [0.05, 0.1) is 19.6 Å². The summed E-state index contributed by atoms with van der Waals surface area (Å²) in [4.78, 5) is 1.88. The summed E-state index contributed by atoms with van der Waals surface area (Å²) in [6, 6.07) is 0. The van der Waals surface area contributed by atoms with Crippen LogP contribution in [0.25, 0.3) is 0 Å². The third kappa shape index (κ3) is 5.21. The Labute approximate surface area is 95.7 Å².